The Morgan fingerprint density at radius 3 is 2.82 bits per heavy atom. The molecule has 0 amide bonds. The Morgan fingerprint density at radius 1 is 1.30 bits per heavy atom. The fourth-order valence-corrected chi connectivity index (χ4v) is 4.68. The molecule has 3 rings (SSSR count). The fraction of sp³-hybridized carbons (Fsp3) is 0.741. The van der Waals surface area contributed by atoms with Crippen LogP contribution in [-0.4, -0.2) is 57.9 Å². The van der Waals surface area contributed by atoms with Crippen LogP contribution in [0.5, 0.6) is 5.75 Å². The maximum absolute atomic E-state index is 12.3. The Kier molecular flexibility index (Phi) is 9.59. The lowest BCUT2D eigenvalue weighted by Gasteiger charge is -2.33. The van der Waals surface area contributed by atoms with E-state index in [0.717, 1.165) is 64.3 Å². The van der Waals surface area contributed by atoms with Crippen molar-refractivity contribution in [1.29, 1.82) is 0 Å². The zero-order chi connectivity index (χ0) is 23.8. The minimum Gasteiger partial charge on any atom is -0.490 e. The van der Waals surface area contributed by atoms with Crippen LogP contribution in [0.25, 0.3) is 0 Å². The van der Waals surface area contributed by atoms with Crippen LogP contribution < -0.4 is 15.0 Å². The molecule has 2 aliphatic rings. The van der Waals surface area contributed by atoms with Crippen LogP contribution in [-0.2, 0) is 20.9 Å². The predicted molar refractivity (Wildman–Crippen MR) is 133 cm³/mol. The third-order valence-electron chi connectivity index (χ3n) is 6.77. The summed E-state index contributed by atoms with van der Waals surface area (Å²) < 4.78 is 17.3. The molecule has 0 saturated carbocycles. The SMILES string of the molecule is COCCCN1CCOc2ccc(CO[C@@H]3CC[C@@H](C[C@@H](C)CC(=O)C(C)(C)C)NC3)cc21. The summed E-state index contributed by atoms with van der Waals surface area (Å²) in [5, 5.41) is 3.66. The number of hydrogen-bond acceptors (Lipinski definition) is 6. The molecule has 0 bridgehead atoms. The lowest BCUT2D eigenvalue weighted by atomic mass is 9.83. The second-order valence-corrected chi connectivity index (χ2v) is 10.8. The first-order valence-corrected chi connectivity index (χ1v) is 12.6. The number of carbonyl (C=O) groups excluding carboxylic acids is 1. The first kappa shape index (κ1) is 26.0. The smallest absolute Gasteiger partial charge is 0.142 e. The van der Waals surface area contributed by atoms with E-state index >= 15 is 0 Å². The zero-order valence-corrected chi connectivity index (χ0v) is 21.3. The molecule has 0 spiro atoms. The van der Waals surface area contributed by atoms with E-state index in [-0.39, 0.29) is 11.5 Å². The van der Waals surface area contributed by atoms with Crippen LogP contribution in [0.15, 0.2) is 18.2 Å². The third-order valence-corrected chi connectivity index (χ3v) is 6.77. The molecular weight excluding hydrogens is 416 g/mol. The molecule has 2 aliphatic heterocycles. The molecule has 0 unspecified atom stereocenters. The van der Waals surface area contributed by atoms with E-state index in [1.807, 2.05) is 20.8 Å². The minimum absolute atomic E-state index is 0.234. The number of methoxy groups -OCH3 is 1. The van der Waals surface area contributed by atoms with Gasteiger partial charge in [-0.25, -0.2) is 0 Å². The molecule has 1 aromatic carbocycles. The number of hydrogen-bond donors (Lipinski definition) is 1. The number of rotatable bonds is 11. The molecule has 6 heteroatoms. The van der Waals surface area contributed by atoms with E-state index in [0.29, 0.717) is 30.8 Å². The second-order valence-electron chi connectivity index (χ2n) is 10.8. The van der Waals surface area contributed by atoms with Crippen molar-refractivity contribution in [2.24, 2.45) is 11.3 Å². The first-order valence-electron chi connectivity index (χ1n) is 12.6. The van der Waals surface area contributed by atoms with Crippen molar-refractivity contribution in [3.05, 3.63) is 23.8 Å². The molecule has 1 fully saturated rings. The van der Waals surface area contributed by atoms with Crippen molar-refractivity contribution < 1.29 is 19.0 Å². The quantitative estimate of drug-likeness (QED) is 0.488. The molecule has 33 heavy (non-hydrogen) atoms. The lowest BCUT2D eigenvalue weighted by molar-refractivity contribution is -0.127. The predicted octanol–water partition coefficient (Wildman–Crippen LogP) is 4.59. The van der Waals surface area contributed by atoms with Gasteiger partial charge in [-0.15, -0.1) is 0 Å². The number of nitrogens with one attached hydrogen (secondary N) is 1. The number of ether oxygens (including phenoxy) is 3. The van der Waals surface area contributed by atoms with E-state index in [1.165, 1.54) is 11.3 Å². The van der Waals surface area contributed by atoms with Crippen molar-refractivity contribution in [1.82, 2.24) is 5.32 Å². The number of nitrogens with zero attached hydrogens (tertiary/aromatic N) is 1. The van der Waals surface area contributed by atoms with Crippen LogP contribution in [0.2, 0.25) is 0 Å². The van der Waals surface area contributed by atoms with E-state index < -0.39 is 0 Å². The van der Waals surface area contributed by atoms with Crippen molar-refractivity contribution in [2.75, 3.05) is 44.9 Å². The van der Waals surface area contributed by atoms with Crippen molar-refractivity contribution in [3.8, 4) is 5.75 Å². The Labute approximate surface area is 200 Å². The van der Waals surface area contributed by atoms with Crippen LogP contribution in [0.4, 0.5) is 5.69 Å². The van der Waals surface area contributed by atoms with E-state index in [1.54, 1.807) is 7.11 Å². The number of carbonyl (C=O) groups is 1. The fourth-order valence-electron chi connectivity index (χ4n) is 4.68. The number of Topliss-reactive ketones (excluding diaryl/α,β-unsaturated/α-hetero) is 1. The number of fused-ring (bicyclic) bond motifs is 1. The minimum atomic E-state index is -0.239. The molecule has 0 aromatic heterocycles. The maximum atomic E-state index is 12.3. The van der Waals surface area contributed by atoms with Crippen LogP contribution in [0.1, 0.15) is 65.4 Å². The van der Waals surface area contributed by atoms with Crippen molar-refractivity contribution >= 4 is 11.5 Å². The van der Waals surface area contributed by atoms with E-state index in [2.05, 4.69) is 35.3 Å². The van der Waals surface area contributed by atoms with Gasteiger partial charge in [-0.3, -0.25) is 4.79 Å². The van der Waals surface area contributed by atoms with Gasteiger partial charge in [0, 0.05) is 44.7 Å². The van der Waals surface area contributed by atoms with Gasteiger partial charge in [0.05, 0.1) is 24.9 Å². The summed E-state index contributed by atoms with van der Waals surface area (Å²) >= 11 is 0. The van der Waals surface area contributed by atoms with Gasteiger partial charge in [0.2, 0.25) is 0 Å². The number of ketones is 1. The largest absolute Gasteiger partial charge is 0.490 e. The molecule has 186 valence electrons. The maximum Gasteiger partial charge on any atom is 0.142 e. The van der Waals surface area contributed by atoms with Crippen LogP contribution in [0, 0.1) is 11.3 Å². The monoisotopic (exact) mass is 460 g/mol. The molecule has 6 nitrogen and oxygen atoms in total. The number of piperidine rings is 1. The highest BCUT2D eigenvalue weighted by molar-refractivity contribution is 5.83. The van der Waals surface area contributed by atoms with Crippen molar-refractivity contribution in [3.63, 3.8) is 0 Å². The molecule has 1 aromatic rings. The van der Waals surface area contributed by atoms with Gasteiger partial charge in [-0.05, 0) is 49.3 Å². The Hall–Kier alpha value is -1.63. The molecule has 1 N–H and O–H groups in total. The summed E-state index contributed by atoms with van der Waals surface area (Å²) in [6.07, 6.45) is 5.13. The molecule has 0 radical (unpaired) electrons. The van der Waals surface area contributed by atoms with E-state index in [4.69, 9.17) is 14.2 Å². The van der Waals surface area contributed by atoms with Gasteiger partial charge >= 0.3 is 0 Å². The average molecular weight is 461 g/mol. The van der Waals surface area contributed by atoms with Gasteiger partial charge < -0.3 is 24.4 Å². The first-order chi connectivity index (χ1) is 15.8. The Balaban J connectivity index is 1.43. The van der Waals surface area contributed by atoms with Crippen LogP contribution >= 0.6 is 0 Å². The van der Waals surface area contributed by atoms with Gasteiger partial charge in [-0.1, -0.05) is 33.8 Å². The topological polar surface area (TPSA) is 60.0 Å². The van der Waals surface area contributed by atoms with Gasteiger partial charge in [0.1, 0.15) is 18.1 Å². The Morgan fingerprint density at radius 2 is 2.12 bits per heavy atom. The molecule has 1 saturated heterocycles. The summed E-state index contributed by atoms with van der Waals surface area (Å²) in [6, 6.07) is 6.89. The standard InChI is InChI=1S/C27H44N2O4/c1-20(16-26(30)27(2,3)4)15-22-8-9-23(18-28-22)33-19-21-7-10-25-24(17-21)29(12-14-32-25)11-6-13-31-5/h7,10,17,20,22-23,28H,6,8-9,11-16,18-19H2,1-5H3/t20-,22+,23-/m1/s1. The highest BCUT2D eigenvalue weighted by Crippen LogP contribution is 2.33. The summed E-state index contributed by atoms with van der Waals surface area (Å²) in [5.74, 6) is 1.74. The van der Waals surface area contributed by atoms with Gasteiger partial charge in [0.15, 0.2) is 0 Å². The summed E-state index contributed by atoms with van der Waals surface area (Å²) in [6.45, 7) is 13.1. The third kappa shape index (κ3) is 7.97. The van der Waals surface area contributed by atoms with Gasteiger partial charge in [-0.2, -0.15) is 0 Å². The second kappa shape index (κ2) is 12.2. The summed E-state index contributed by atoms with van der Waals surface area (Å²) in [5.41, 5.74) is 2.11. The Bertz CT molecular complexity index is 753. The summed E-state index contributed by atoms with van der Waals surface area (Å²) in [7, 11) is 1.75. The molecule has 0 aliphatic carbocycles. The van der Waals surface area contributed by atoms with Gasteiger partial charge in [0.25, 0.3) is 0 Å². The highest BCUT2D eigenvalue weighted by atomic mass is 16.5. The van der Waals surface area contributed by atoms with E-state index in [9.17, 15) is 4.79 Å². The average Bonchev–Trinajstić information content (AvgIpc) is 2.78. The highest BCUT2D eigenvalue weighted by Gasteiger charge is 2.27. The molecule has 2 heterocycles. The number of benzene rings is 1. The molecular formula is C27H44N2O4. The van der Waals surface area contributed by atoms with Crippen LogP contribution in [0.3, 0.4) is 0 Å². The summed E-state index contributed by atoms with van der Waals surface area (Å²) in [4.78, 5) is 14.7. The lowest BCUT2D eigenvalue weighted by Crippen LogP contribution is -2.43. The normalized spacial score (nSPS) is 21.9. The van der Waals surface area contributed by atoms with Crippen molar-refractivity contribution in [2.45, 2.75) is 78.6 Å². The zero-order valence-electron chi connectivity index (χ0n) is 21.3. The molecule has 3 atom stereocenters. The number of anilines is 1.